The summed E-state index contributed by atoms with van der Waals surface area (Å²) in [6, 6.07) is 13.3. The molecular weight excluding hydrogens is 398 g/mol. The van der Waals surface area contributed by atoms with Crippen LogP contribution in [0.2, 0.25) is 0 Å². The van der Waals surface area contributed by atoms with E-state index >= 15 is 0 Å². The summed E-state index contributed by atoms with van der Waals surface area (Å²) >= 11 is 3.45. The molecule has 1 unspecified atom stereocenters. The van der Waals surface area contributed by atoms with Gasteiger partial charge in [0.2, 0.25) is 0 Å². The van der Waals surface area contributed by atoms with E-state index in [1.807, 2.05) is 24.0 Å². The van der Waals surface area contributed by atoms with E-state index in [0.29, 0.717) is 6.04 Å². The fourth-order valence-corrected chi connectivity index (χ4v) is 5.42. The second-order valence-corrected chi connectivity index (χ2v) is 9.20. The molecule has 1 saturated carbocycles. The molecule has 4 aromatic rings. The van der Waals surface area contributed by atoms with Gasteiger partial charge in [0.1, 0.15) is 5.75 Å². The van der Waals surface area contributed by atoms with Crippen LogP contribution in [0.3, 0.4) is 0 Å². The summed E-state index contributed by atoms with van der Waals surface area (Å²) in [6.45, 7) is 0. The van der Waals surface area contributed by atoms with Crippen LogP contribution in [-0.2, 0) is 0 Å². The molecule has 1 fully saturated rings. The highest BCUT2D eigenvalue weighted by Crippen LogP contribution is 2.31. The summed E-state index contributed by atoms with van der Waals surface area (Å²) in [5.74, 6) is 0.957. The van der Waals surface area contributed by atoms with Gasteiger partial charge in [-0.15, -0.1) is 22.7 Å². The van der Waals surface area contributed by atoms with Gasteiger partial charge in [0, 0.05) is 34.1 Å². The van der Waals surface area contributed by atoms with Crippen LogP contribution in [-0.4, -0.2) is 22.1 Å². The van der Waals surface area contributed by atoms with E-state index in [-0.39, 0.29) is 12.1 Å². The van der Waals surface area contributed by atoms with Crippen molar-refractivity contribution in [3.05, 3.63) is 75.6 Å². The number of pyridine rings is 1. The molecule has 29 heavy (non-hydrogen) atoms. The lowest BCUT2D eigenvalue weighted by atomic mass is 9.92. The van der Waals surface area contributed by atoms with Crippen molar-refractivity contribution in [3.8, 4) is 5.75 Å². The van der Waals surface area contributed by atoms with Crippen LogP contribution in [0.4, 0.5) is 0 Å². The quantitative estimate of drug-likeness (QED) is 0.426. The molecule has 0 radical (unpaired) electrons. The zero-order valence-corrected chi connectivity index (χ0v) is 17.7. The van der Waals surface area contributed by atoms with Crippen LogP contribution in [0.5, 0.6) is 5.75 Å². The number of hydrogen-bond acceptors (Lipinski definition) is 6. The van der Waals surface area contributed by atoms with Gasteiger partial charge in [-0.1, -0.05) is 6.07 Å². The van der Waals surface area contributed by atoms with E-state index in [2.05, 4.69) is 56.4 Å². The van der Waals surface area contributed by atoms with Gasteiger partial charge in [0.25, 0.3) is 0 Å². The maximum absolute atomic E-state index is 6.30. The topological polar surface area (TPSA) is 47.0 Å². The normalized spacial score (nSPS) is 20.6. The molecule has 148 valence electrons. The lowest BCUT2D eigenvalue weighted by molar-refractivity contribution is 0.138. The van der Waals surface area contributed by atoms with E-state index in [1.165, 1.54) is 10.3 Å². The third-order valence-corrected chi connectivity index (χ3v) is 7.11. The zero-order chi connectivity index (χ0) is 19.5. The van der Waals surface area contributed by atoms with Crippen molar-refractivity contribution in [3.63, 3.8) is 0 Å². The van der Waals surface area contributed by atoms with Gasteiger partial charge in [-0.05, 0) is 66.8 Å². The Kier molecular flexibility index (Phi) is 5.56. The highest BCUT2D eigenvalue weighted by Gasteiger charge is 2.26. The van der Waals surface area contributed by atoms with Crippen LogP contribution in [0.25, 0.3) is 10.8 Å². The Morgan fingerprint density at radius 1 is 1.07 bits per heavy atom. The molecule has 4 nitrogen and oxygen atoms in total. The zero-order valence-electron chi connectivity index (χ0n) is 16.0. The van der Waals surface area contributed by atoms with Gasteiger partial charge in [-0.3, -0.25) is 4.98 Å². The van der Waals surface area contributed by atoms with Crippen molar-refractivity contribution < 1.29 is 4.74 Å². The van der Waals surface area contributed by atoms with Crippen molar-refractivity contribution in [2.45, 2.75) is 43.9 Å². The smallest absolute Gasteiger partial charge is 0.120 e. The standard InChI is InChI=1S/C23H23N3OS2/c1-2-22(29-11-1)23(21-14-28-15-25-21)26-18-4-7-19(8-5-18)27-20-6-3-17-13-24-10-9-16(17)12-20/h1-3,6,9-15,18-19,23,26H,4-5,7-8H2. The minimum absolute atomic E-state index is 0.192. The Bertz CT molecular complexity index is 1010. The number of nitrogens with zero attached hydrogens (tertiary/aromatic N) is 2. The van der Waals surface area contributed by atoms with Crippen molar-refractivity contribution >= 4 is 33.4 Å². The van der Waals surface area contributed by atoms with Crippen molar-refractivity contribution in [2.24, 2.45) is 0 Å². The number of thiophene rings is 1. The third kappa shape index (κ3) is 4.34. The minimum Gasteiger partial charge on any atom is -0.490 e. The summed E-state index contributed by atoms with van der Waals surface area (Å²) in [5.41, 5.74) is 3.05. The summed E-state index contributed by atoms with van der Waals surface area (Å²) in [5, 5.41) is 10.5. The highest BCUT2D eigenvalue weighted by atomic mass is 32.1. The van der Waals surface area contributed by atoms with E-state index in [0.717, 1.165) is 42.5 Å². The lowest BCUT2D eigenvalue weighted by Crippen LogP contribution is -2.38. The van der Waals surface area contributed by atoms with Crippen LogP contribution in [0.15, 0.2) is 65.1 Å². The Morgan fingerprint density at radius 2 is 2.00 bits per heavy atom. The molecule has 0 aliphatic heterocycles. The average Bonchev–Trinajstić information content (AvgIpc) is 3.48. The Balaban J connectivity index is 1.20. The lowest BCUT2D eigenvalue weighted by Gasteiger charge is -2.32. The van der Waals surface area contributed by atoms with Crippen LogP contribution in [0, 0.1) is 0 Å². The minimum atomic E-state index is 0.192. The monoisotopic (exact) mass is 421 g/mol. The van der Waals surface area contributed by atoms with E-state index in [1.54, 1.807) is 22.7 Å². The SMILES string of the molecule is c1csc(C(NC2CCC(Oc3ccc4cnccc4c3)CC2)c2cscn2)c1. The molecule has 5 rings (SSSR count). The van der Waals surface area contributed by atoms with Gasteiger partial charge in [-0.25, -0.2) is 4.98 Å². The number of ether oxygens (including phenoxy) is 1. The molecule has 1 aromatic carbocycles. The predicted octanol–water partition coefficient (Wildman–Crippen LogP) is 5.82. The van der Waals surface area contributed by atoms with Gasteiger partial charge in [0.15, 0.2) is 0 Å². The molecular formula is C23H23N3OS2. The average molecular weight is 422 g/mol. The number of hydrogen-bond donors (Lipinski definition) is 1. The first-order valence-corrected chi connectivity index (χ1v) is 11.9. The third-order valence-electron chi connectivity index (χ3n) is 5.57. The Labute approximate surface area is 178 Å². The molecule has 1 aliphatic carbocycles. The van der Waals surface area contributed by atoms with Crippen molar-refractivity contribution in [1.29, 1.82) is 0 Å². The first-order valence-electron chi connectivity index (χ1n) is 10.0. The summed E-state index contributed by atoms with van der Waals surface area (Å²) in [7, 11) is 0. The molecule has 1 N–H and O–H groups in total. The molecule has 0 spiro atoms. The van der Waals surface area contributed by atoms with Gasteiger partial charge in [-0.2, -0.15) is 0 Å². The molecule has 1 aliphatic rings. The fraction of sp³-hybridized carbons (Fsp3) is 0.304. The second kappa shape index (κ2) is 8.61. The molecule has 0 saturated heterocycles. The van der Waals surface area contributed by atoms with Gasteiger partial charge >= 0.3 is 0 Å². The molecule has 1 atom stereocenters. The van der Waals surface area contributed by atoms with Gasteiger partial charge in [0.05, 0.1) is 23.4 Å². The van der Waals surface area contributed by atoms with E-state index in [9.17, 15) is 0 Å². The van der Waals surface area contributed by atoms with E-state index in [4.69, 9.17) is 4.74 Å². The Hall–Kier alpha value is -2.28. The highest BCUT2D eigenvalue weighted by molar-refractivity contribution is 7.10. The molecule has 3 aromatic heterocycles. The van der Waals surface area contributed by atoms with Crippen molar-refractivity contribution in [1.82, 2.24) is 15.3 Å². The fourth-order valence-electron chi connectivity index (χ4n) is 4.04. The van der Waals surface area contributed by atoms with E-state index < -0.39 is 0 Å². The largest absolute Gasteiger partial charge is 0.490 e. The first-order chi connectivity index (χ1) is 14.3. The second-order valence-electron chi connectivity index (χ2n) is 7.50. The number of benzene rings is 1. The number of fused-ring (bicyclic) bond motifs is 1. The summed E-state index contributed by atoms with van der Waals surface area (Å²) in [4.78, 5) is 10.1. The van der Waals surface area contributed by atoms with Crippen LogP contribution >= 0.6 is 22.7 Å². The Morgan fingerprint density at radius 3 is 2.79 bits per heavy atom. The first kappa shape index (κ1) is 18.7. The predicted molar refractivity (Wildman–Crippen MR) is 120 cm³/mol. The molecule has 0 amide bonds. The summed E-state index contributed by atoms with van der Waals surface area (Å²) in [6.07, 6.45) is 8.38. The number of aromatic nitrogens is 2. The molecule has 0 bridgehead atoms. The molecule has 6 heteroatoms. The number of nitrogens with one attached hydrogen (secondary N) is 1. The van der Waals surface area contributed by atoms with Gasteiger partial charge < -0.3 is 10.1 Å². The number of rotatable bonds is 6. The number of thiazole rings is 1. The van der Waals surface area contributed by atoms with Crippen molar-refractivity contribution in [2.75, 3.05) is 0 Å². The maximum atomic E-state index is 6.30. The summed E-state index contributed by atoms with van der Waals surface area (Å²) < 4.78 is 6.30. The molecule has 3 heterocycles. The maximum Gasteiger partial charge on any atom is 0.120 e. The van der Waals surface area contributed by atoms with Crippen LogP contribution in [0.1, 0.15) is 42.3 Å². The van der Waals surface area contributed by atoms with Crippen LogP contribution < -0.4 is 10.1 Å².